The molecule has 0 spiro atoms. The molecule has 1 aliphatic heterocycles. The van der Waals surface area contributed by atoms with Crippen LogP contribution in [0, 0.1) is 6.92 Å². The highest BCUT2D eigenvalue weighted by Crippen LogP contribution is 2.33. The Morgan fingerprint density at radius 2 is 1.88 bits per heavy atom. The molecule has 1 aromatic carbocycles. The summed E-state index contributed by atoms with van der Waals surface area (Å²) in [6.45, 7) is 3.54. The van der Waals surface area contributed by atoms with Gasteiger partial charge in [0, 0.05) is 24.3 Å². The highest BCUT2D eigenvalue weighted by atomic mass is 32.2. The number of fused-ring (bicyclic) bond motifs is 2. The average molecular weight is 372 g/mol. The molecule has 2 aliphatic rings. The van der Waals surface area contributed by atoms with Gasteiger partial charge in [0.25, 0.3) is 0 Å². The van der Waals surface area contributed by atoms with Crippen LogP contribution in [0.3, 0.4) is 0 Å². The lowest BCUT2D eigenvalue weighted by Gasteiger charge is -2.33. The maximum Gasteiger partial charge on any atom is 0.229 e. The Balaban J connectivity index is 1.68. The van der Waals surface area contributed by atoms with Crippen LogP contribution in [0.2, 0.25) is 0 Å². The van der Waals surface area contributed by atoms with Crippen molar-refractivity contribution in [2.75, 3.05) is 22.4 Å². The second-order valence-corrected chi connectivity index (χ2v) is 8.96. The first-order valence-electron chi connectivity index (χ1n) is 9.10. The smallest absolute Gasteiger partial charge is 0.229 e. The summed E-state index contributed by atoms with van der Waals surface area (Å²) in [6.07, 6.45) is 6.47. The number of hydrogen-bond acceptors (Lipinski definition) is 5. The third-order valence-corrected chi connectivity index (χ3v) is 5.72. The van der Waals surface area contributed by atoms with Crippen LogP contribution in [0.4, 0.5) is 11.5 Å². The number of sulfonamides is 1. The highest BCUT2D eigenvalue weighted by Gasteiger charge is 2.25. The molecule has 1 aliphatic carbocycles. The van der Waals surface area contributed by atoms with E-state index >= 15 is 0 Å². The van der Waals surface area contributed by atoms with E-state index in [0.717, 1.165) is 55.1 Å². The number of hydrogen-bond donors (Lipinski definition) is 1. The Hall–Kier alpha value is -2.15. The summed E-state index contributed by atoms with van der Waals surface area (Å²) in [4.78, 5) is 11.7. The first-order valence-corrected chi connectivity index (χ1v) is 11.0. The van der Waals surface area contributed by atoms with Gasteiger partial charge >= 0.3 is 0 Å². The zero-order valence-corrected chi connectivity index (χ0v) is 16.1. The Labute approximate surface area is 154 Å². The van der Waals surface area contributed by atoms with Crippen LogP contribution in [0.1, 0.15) is 41.1 Å². The third kappa shape index (κ3) is 3.40. The van der Waals surface area contributed by atoms with Crippen LogP contribution in [0.25, 0.3) is 0 Å². The van der Waals surface area contributed by atoms with Crippen LogP contribution >= 0.6 is 0 Å². The van der Waals surface area contributed by atoms with Crippen LogP contribution < -0.4 is 9.62 Å². The van der Waals surface area contributed by atoms with Crippen LogP contribution in [-0.2, 0) is 35.8 Å². The van der Waals surface area contributed by atoms with E-state index in [4.69, 9.17) is 4.98 Å². The quantitative estimate of drug-likeness (QED) is 0.896. The molecule has 7 heteroatoms. The molecule has 6 nitrogen and oxygen atoms in total. The first kappa shape index (κ1) is 17.3. The molecule has 1 N–H and O–H groups in total. The van der Waals surface area contributed by atoms with E-state index in [1.54, 1.807) is 0 Å². The summed E-state index contributed by atoms with van der Waals surface area (Å²) in [5, 5.41) is 0. The fourth-order valence-electron chi connectivity index (χ4n) is 4.04. The van der Waals surface area contributed by atoms with Gasteiger partial charge in [-0.15, -0.1) is 0 Å². The first-order chi connectivity index (χ1) is 12.4. The molecular weight excluding hydrogens is 348 g/mol. The molecule has 138 valence electrons. The lowest BCUT2D eigenvalue weighted by molar-refractivity contribution is 0.606. The van der Waals surface area contributed by atoms with Gasteiger partial charge in [0.2, 0.25) is 10.0 Å². The fraction of sp³-hybridized carbons (Fsp3) is 0.474. The van der Waals surface area contributed by atoms with Crippen molar-refractivity contribution >= 4 is 21.5 Å². The molecule has 0 bridgehead atoms. The van der Waals surface area contributed by atoms with Gasteiger partial charge in [0.15, 0.2) is 0 Å². The topological polar surface area (TPSA) is 75.2 Å². The third-order valence-electron chi connectivity index (χ3n) is 5.13. The zero-order chi connectivity index (χ0) is 18.3. The minimum atomic E-state index is -3.28. The van der Waals surface area contributed by atoms with Gasteiger partial charge in [-0.05, 0) is 56.2 Å². The monoisotopic (exact) mass is 372 g/mol. The zero-order valence-electron chi connectivity index (χ0n) is 15.2. The summed E-state index contributed by atoms with van der Waals surface area (Å²) in [6, 6.07) is 5.83. The summed E-state index contributed by atoms with van der Waals surface area (Å²) in [5.41, 5.74) is 5.46. The van der Waals surface area contributed by atoms with Crippen molar-refractivity contribution in [3.8, 4) is 0 Å². The SMILES string of the molecule is Cc1nc2c(c(N3CCc4c(cccc4NS(C)(=O)=O)C3)n1)CCCC2. The lowest BCUT2D eigenvalue weighted by Crippen LogP contribution is -2.33. The number of benzene rings is 1. The number of rotatable bonds is 3. The lowest BCUT2D eigenvalue weighted by atomic mass is 9.94. The van der Waals surface area contributed by atoms with Crippen molar-refractivity contribution in [3.05, 3.63) is 46.4 Å². The van der Waals surface area contributed by atoms with Crippen LogP contribution in [-0.4, -0.2) is 31.2 Å². The molecule has 0 radical (unpaired) electrons. The van der Waals surface area contributed by atoms with Gasteiger partial charge in [0.05, 0.1) is 11.9 Å². The predicted octanol–water partition coefficient (Wildman–Crippen LogP) is 2.60. The van der Waals surface area contributed by atoms with Crippen molar-refractivity contribution < 1.29 is 8.42 Å². The minimum absolute atomic E-state index is 0.700. The largest absolute Gasteiger partial charge is 0.352 e. The number of nitrogens with zero attached hydrogens (tertiary/aromatic N) is 3. The van der Waals surface area contributed by atoms with Crippen molar-refractivity contribution in [2.24, 2.45) is 0 Å². The normalized spacial score (nSPS) is 16.8. The number of nitrogens with one attached hydrogen (secondary N) is 1. The molecule has 2 heterocycles. The summed E-state index contributed by atoms with van der Waals surface area (Å²) < 4.78 is 25.9. The van der Waals surface area contributed by atoms with E-state index in [1.807, 2.05) is 19.1 Å². The van der Waals surface area contributed by atoms with Crippen LogP contribution in [0.5, 0.6) is 0 Å². The van der Waals surface area contributed by atoms with E-state index in [0.29, 0.717) is 5.69 Å². The molecule has 0 atom stereocenters. The molecular formula is C19H24N4O2S. The molecule has 4 rings (SSSR count). The van der Waals surface area contributed by atoms with E-state index in [1.165, 1.54) is 30.4 Å². The Bertz CT molecular complexity index is 956. The van der Waals surface area contributed by atoms with Gasteiger partial charge in [-0.3, -0.25) is 4.72 Å². The van der Waals surface area contributed by atoms with Crippen molar-refractivity contribution in [1.82, 2.24) is 9.97 Å². The number of aromatic nitrogens is 2. The van der Waals surface area contributed by atoms with Gasteiger partial charge in [-0.2, -0.15) is 0 Å². The van der Waals surface area contributed by atoms with E-state index in [9.17, 15) is 8.42 Å². The molecule has 0 saturated heterocycles. The standard InChI is InChI=1S/C19H24N4O2S/c1-13-20-17-8-4-3-7-16(17)19(21-13)23-11-10-15-14(12-23)6-5-9-18(15)22-26(2,24)25/h5-6,9,22H,3-4,7-8,10-12H2,1-2H3. The van der Waals surface area contributed by atoms with Crippen LogP contribution in [0.15, 0.2) is 18.2 Å². The second-order valence-electron chi connectivity index (χ2n) is 7.22. The van der Waals surface area contributed by atoms with Crippen molar-refractivity contribution in [1.29, 1.82) is 0 Å². The number of aryl methyl sites for hydroxylation is 2. The molecule has 1 aromatic heterocycles. The number of anilines is 2. The fourth-order valence-corrected chi connectivity index (χ4v) is 4.63. The second kappa shape index (κ2) is 6.54. The maximum absolute atomic E-state index is 11.6. The Kier molecular flexibility index (Phi) is 4.34. The molecule has 26 heavy (non-hydrogen) atoms. The minimum Gasteiger partial charge on any atom is -0.352 e. The molecule has 0 fully saturated rings. The van der Waals surface area contributed by atoms with Gasteiger partial charge in [-0.25, -0.2) is 18.4 Å². The highest BCUT2D eigenvalue weighted by molar-refractivity contribution is 7.92. The van der Waals surface area contributed by atoms with E-state index in [2.05, 4.69) is 20.7 Å². The van der Waals surface area contributed by atoms with Crippen molar-refractivity contribution in [3.63, 3.8) is 0 Å². The summed E-state index contributed by atoms with van der Waals surface area (Å²) in [5.74, 6) is 1.90. The Morgan fingerprint density at radius 1 is 1.08 bits per heavy atom. The average Bonchev–Trinajstić information content (AvgIpc) is 2.59. The van der Waals surface area contributed by atoms with Gasteiger partial charge in [0.1, 0.15) is 11.6 Å². The van der Waals surface area contributed by atoms with E-state index < -0.39 is 10.0 Å². The Morgan fingerprint density at radius 3 is 2.69 bits per heavy atom. The van der Waals surface area contributed by atoms with E-state index in [-0.39, 0.29) is 0 Å². The van der Waals surface area contributed by atoms with Crippen molar-refractivity contribution in [2.45, 2.75) is 45.6 Å². The molecule has 0 amide bonds. The maximum atomic E-state index is 11.6. The molecule has 2 aromatic rings. The van der Waals surface area contributed by atoms with Gasteiger partial charge in [-0.1, -0.05) is 12.1 Å². The summed E-state index contributed by atoms with van der Waals surface area (Å²) >= 11 is 0. The molecule has 0 saturated carbocycles. The van der Waals surface area contributed by atoms with Gasteiger partial charge < -0.3 is 4.90 Å². The molecule has 0 unspecified atom stereocenters. The predicted molar refractivity (Wildman–Crippen MR) is 103 cm³/mol. The summed E-state index contributed by atoms with van der Waals surface area (Å²) in [7, 11) is -3.28.